The third kappa shape index (κ3) is 5.09. The lowest BCUT2D eigenvalue weighted by Crippen LogP contribution is -2.36. The Labute approximate surface area is 202 Å². The monoisotopic (exact) mass is 443 g/mol. The van der Waals surface area contributed by atoms with Gasteiger partial charge < -0.3 is 5.32 Å². The van der Waals surface area contributed by atoms with Gasteiger partial charge in [-0.2, -0.15) is 0 Å². The second-order valence-corrected chi connectivity index (χ2v) is 11.4. The van der Waals surface area contributed by atoms with Crippen LogP contribution < -0.4 is 5.32 Å². The Morgan fingerprint density at radius 2 is 1.85 bits per heavy atom. The molecule has 0 aromatic heterocycles. The van der Waals surface area contributed by atoms with Crippen LogP contribution in [0, 0.1) is 41.4 Å². The smallest absolute Gasteiger partial charge is 0.0135 e. The zero-order chi connectivity index (χ0) is 22.6. The minimum absolute atomic E-state index is 0.663. The summed E-state index contributed by atoms with van der Waals surface area (Å²) < 4.78 is 0. The summed E-state index contributed by atoms with van der Waals surface area (Å²) in [6.07, 6.45) is 34.5. The molecule has 1 aliphatic heterocycles. The van der Waals surface area contributed by atoms with E-state index >= 15 is 0 Å². The first kappa shape index (κ1) is 23.2. The van der Waals surface area contributed by atoms with Gasteiger partial charge in [-0.05, 0) is 117 Å². The summed E-state index contributed by atoms with van der Waals surface area (Å²) in [5.74, 6) is 5.40. The molecule has 0 spiro atoms. The maximum Gasteiger partial charge on any atom is 0.0135 e. The van der Waals surface area contributed by atoms with E-state index in [9.17, 15) is 0 Å². The van der Waals surface area contributed by atoms with Crippen LogP contribution in [-0.4, -0.2) is 13.1 Å². The fraction of sp³-hybridized carbons (Fsp3) is 0.625. The van der Waals surface area contributed by atoms with Crippen LogP contribution in [0.5, 0.6) is 0 Å². The highest BCUT2D eigenvalue weighted by molar-refractivity contribution is 5.43. The Balaban J connectivity index is 1.25. The first-order chi connectivity index (χ1) is 16.2. The second-order valence-electron chi connectivity index (χ2n) is 11.4. The van der Waals surface area contributed by atoms with E-state index in [0.29, 0.717) is 17.8 Å². The first-order valence-electron chi connectivity index (χ1n) is 14.0. The highest BCUT2D eigenvalue weighted by Gasteiger charge is 2.37. The molecule has 1 heteroatoms. The van der Waals surface area contributed by atoms with Crippen molar-refractivity contribution in [2.24, 2.45) is 41.4 Å². The maximum absolute atomic E-state index is 3.59. The molecule has 1 nitrogen and oxygen atoms in total. The van der Waals surface area contributed by atoms with Crippen molar-refractivity contribution in [2.75, 3.05) is 13.1 Å². The lowest BCUT2D eigenvalue weighted by atomic mass is 9.64. The molecule has 0 aromatic rings. The summed E-state index contributed by atoms with van der Waals surface area (Å²) in [6.45, 7) is 6.79. The number of hydrogen-bond donors (Lipinski definition) is 1. The Morgan fingerprint density at radius 3 is 2.64 bits per heavy atom. The Bertz CT molecular complexity index is 857. The average Bonchev–Trinajstić information content (AvgIpc) is 2.88. The zero-order valence-corrected chi connectivity index (χ0v) is 21.0. The van der Waals surface area contributed by atoms with E-state index in [-0.39, 0.29) is 0 Å². The van der Waals surface area contributed by atoms with E-state index in [0.717, 1.165) is 43.2 Å². The summed E-state index contributed by atoms with van der Waals surface area (Å²) in [4.78, 5) is 0. The predicted molar refractivity (Wildman–Crippen MR) is 142 cm³/mol. The van der Waals surface area contributed by atoms with Gasteiger partial charge in [-0.15, -0.1) is 0 Å². The van der Waals surface area contributed by atoms with Crippen molar-refractivity contribution in [1.82, 2.24) is 5.32 Å². The van der Waals surface area contributed by atoms with E-state index in [4.69, 9.17) is 0 Å². The normalized spacial score (nSPS) is 39.1. The van der Waals surface area contributed by atoms with E-state index in [1.54, 1.807) is 16.7 Å². The van der Waals surface area contributed by atoms with Gasteiger partial charge in [0.15, 0.2) is 0 Å². The molecule has 5 rings (SSSR count). The van der Waals surface area contributed by atoms with Gasteiger partial charge in [0.25, 0.3) is 0 Å². The van der Waals surface area contributed by atoms with Crippen LogP contribution in [0.4, 0.5) is 0 Å². The second kappa shape index (κ2) is 10.8. The third-order valence-corrected chi connectivity index (χ3v) is 9.52. The van der Waals surface area contributed by atoms with Crippen LogP contribution in [0.2, 0.25) is 0 Å². The Morgan fingerprint density at radius 1 is 0.970 bits per heavy atom. The Kier molecular flexibility index (Phi) is 7.56. The fourth-order valence-electron chi connectivity index (χ4n) is 7.56. The van der Waals surface area contributed by atoms with Crippen molar-refractivity contribution >= 4 is 0 Å². The molecule has 0 aromatic carbocycles. The van der Waals surface area contributed by atoms with Crippen molar-refractivity contribution in [3.8, 4) is 0 Å². The van der Waals surface area contributed by atoms with Crippen LogP contribution in [-0.2, 0) is 0 Å². The molecule has 5 atom stereocenters. The van der Waals surface area contributed by atoms with Crippen LogP contribution in [0.15, 0.2) is 71.4 Å². The number of fused-ring (bicyclic) bond motifs is 1. The van der Waals surface area contributed by atoms with E-state index in [1.165, 1.54) is 51.4 Å². The molecule has 0 radical (unpaired) electrons. The van der Waals surface area contributed by atoms with Gasteiger partial charge in [0.1, 0.15) is 0 Å². The molecule has 1 fully saturated rings. The standard InChI is InChI=1S/C32H45N/c1-3-4-8-26-21-27(13-12-23(26)2)24-14-16-25(17-15-24)29-18-19-30(28-9-7-20-33-22-28)32-11-6-5-10-31(29)32/h4-5,7-10,12,18-19,24-28,30,32-33H,3,6,11,13-17,20-22H2,1-2H3/b8-4-. The predicted octanol–water partition coefficient (Wildman–Crippen LogP) is 7.96. The van der Waals surface area contributed by atoms with Crippen molar-refractivity contribution < 1.29 is 0 Å². The van der Waals surface area contributed by atoms with E-state index in [2.05, 4.69) is 73.8 Å². The van der Waals surface area contributed by atoms with Crippen molar-refractivity contribution in [2.45, 2.75) is 71.6 Å². The quantitative estimate of drug-likeness (QED) is 0.425. The number of rotatable bonds is 5. The van der Waals surface area contributed by atoms with Gasteiger partial charge in [0.2, 0.25) is 0 Å². The van der Waals surface area contributed by atoms with Crippen LogP contribution >= 0.6 is 0 Å². The molecule has 1 N–H and O–H groups in total. The average molecular weight is 444 g/mol. The van der Waals surface area contributed by atoms with Crippen LogP contribution in [0.25, 0.3) is 0 Å². The molecule has 0 bridgehead atoms. The molecule has 178 valence electrons. The summed E-state index contributed by atoms with van der Waals surface area (Å²) >= 11 is 0. The van der Waals surface area contributed by atoms with Gasteiger partial charge in [-0.3, -0.25) is 0 Å². The maximum atomic E-state index is 3.59. The van der Waals surface area contributed by atoms with Crippen LogP contribution in [0.3, 0.4) is 0 Å². The molecule has 1 heterocycles. The SMILES string of the molecule is CC/C=C\C1CC(C2CCC(C3=C4C=CCCC4C(C4C=CCNC4)C=C3)CC2)CC=C1C. The zero-order valence-electron chi connectivity index (χ0n) is 21.0. The summed E-state index contributed by atoms with van der Waals surface area (Å²) in [7, 11) is 0. The molecular formula is C32H45N. The lowest BCUT2D eigenvalue weighted by Gasteiger charge is -2.41. The number of nitrogens with one attached hydrogen (secondary N) is 1. The fourth-order valence-corrected chi connectivity index (χ4v) is 7.56. The molecular weight excluding hydrogens is 398 g/mol. The largest absolute Gasteiger partial charge is 0.313 e. The van der Waals surface area contributed by atoms with E-state index in [1.807, 2.05) is 0 Å². The molecule has 0 amide bonds. The van der Waals surface area contributed by atoms with Gasteiger partial charge in [-0.1, -0.05) is 67.2 Å². The molecule has 4 aliphatic carbocycles. The third-order valence-electron chi connectivity index (χ3n) is 9.52. The molecule has 1 saturated carbocycles. The number of allylic oxidation sites excluding steroid dienone is 10. The number of hydrogen-bond acceptors (Lipinski definition) is 1. The topological polar surface area (TPSA) is 12.0 Å². The van der Waals surface area contributed by atoms with Gasteiger partial charge >= 0.3 is 0 Å². The molecule has 0 saturated heterocycles. The summed E-state index contributed by atoms with van der Waals surface area (Å²) in [6, 6.07) is 0. The van der Waals surface area contributed by atoms with Gasteiger partial charge in [0, 0.05) is 13.1 Å². The highest BCUT2D eigenvalue weighted by atomic mass is 14.9. The van der Waals surface area contributed by atoms with Crippen LogP contribution in [0.1, 0.15) is 71.6 Å². The van der Waals surface area contributed by atoms with E-state index < -0.39 is 0 Å². The van der Waals surface area contributed by atoms with Gasteiger partial charge in [0.05, 0.1) is 0 Å². The molecule has 5 aliphatic rings. The lowest BCUT2D eigenvalue weighted by molar-refractivity contribution is 0.195. The minimum Gasteiger partial charge on any atom is -0.313 e. The Hall–Kier alpha value is -1.60. The van der Waals surface area contributed by atoms with Crippen molar-refractivity contribution in [3.63, 3.8) is 0 Å². The van der Waals surface area contributed by atoms with Gasteiger partial charge in [-0.25, -0.2) is 0 Å². The first-order valence-corrected chi connectivity index (χ1v) is 14.0. The van der Waals surface area contributed by atoms with Crippen molar-refractivity contribution in [3.05, 3.63) is 71.4 Å². The molecule has 5 unspecified atom stereocenters. The molecule has 33 heavy (non-hydrogen) atoms. The summed E-state index contributed by atoms with van der Waals surface area (Å²) in [5.41, 5.74) is 5.02. The summed E-state index contributed by atoms with van der Waals surface area (Å²) in [5, 5.41) is 3.59. The highest BCUT2D eigenvalue weighted by Crippen LogP contribution is 2.48. The van der Waals surface area contributed by atoms with Crippen molar-refractivity contribution in [1.29, 1.82) is 0 Å². The minimum atomic E-state index is 0.663.